The van der Waals surface area contributed by atoms with Crippen molar-refractivity contribution in [3.05, 3.63) is 65.4 Å². The number of amides is 21. The maximum absolute atomic E-state index is 14.9. The number of nitrogens with zero attached hydrogens (tertiary/aromatic N) is 1. The first-order valence-corrected chi connectivity index (χ1v) is 48.4. The highest BCUT2D eigenvalue weighted by Crippen LogP contribution is 2.34. The molecule has 2 aliphatic heterocycles. The van der Waals surface area contributed by atoms with E-state index in [1.165, 1.54) is 48.6 Å². The lowest BCUT2D eigenvalue weighted by molar-refractivity contribution is -0.144. The molecule has 0 spiro atoms. The molecule has 0 saturated carbocycles. The zero-order valence-electron chi connectivity index (χ0n) is 79.6. The van der Waals surface area contributed by atoms with E-state index in [4.69, 9.17) is 16.2 Å². The van der Waals surface area contributed by atoms with Crippen LogP contribution >= 0.6 is 23.5 Å². The van der Waals surface area contributed by atoms with E-state index in [1.54, 1.807) is 84.5 Å². The number of H-pyrrole nitrogens is 1. The summed E-state index contributed by atoms with van der Waals surface area (Å²) in [7, 11) is 0. The number of aromatic amines is 1. The molecule has 26 N–H and O–H groups in total. The number of primary amides is 2. The quantitative estimate of drug-likeness (QED) is 0.0185. The molecule has 3 aromatic rings. The summed E-state index contributed by atoms with van der Waals surface area (Å²) < 4.78 is 5.60. The Balaban J connectivity index is 1.20. The number of aromatic nitrogens is 1. The fourth-order valence-corrected chi connectivity index (χ4v) is 15.5. The number of unbranched alkanes of at least 4 members (excludes halogenated alkanes) is 2. The summed E-state index contributed by atoms with van der Waals surface area (Å²) in [5, 5.41) is 90.4. The number of nitrogens with one attached hydrogen (secondary N) is 17. The number of piperidine rings is 1. The highest BCUT2D eigenvalue weighted by molar-refractivity contribution is 7.98. The van der Waals surface area contributed by atoms with Crippen LogP contribution in [-0.2, 0) is 107 Å². The van der Waals surface area contributed by atoms with Gasteiger partial charge >= 0.3 is 11.9 Å². The lowest BCUT2D eigenvalue weighted by atomic mass is 9.94. The van der Waals surface area contributed by atoms with Crippen molar-refractivity contribution in [3.8, 4) is 5.75 Å². The standard InChI is InChI=1S/C89H130N20O29S2/c1-12-43(5)70(84(131)101-56(35-48-38-93-51-22-17-16-20-49(48)51)78(125)94-45(7)73(120)96-53(29-32-139-10)76(123)98-54(30-33-140-11)77(124)97-52(25-27-63(90)113)75(122)102-58(89(136)137)36-64(91)114)108-85(132)71(44(6)13-2)107-82(129)60(40-111)103-74(121)46(8)95-79(126)57(37-68(118)119)100-80(127)55(34-42(3)4)99-81(128)59(39-110)104-86(133)72(47(9)112)105-65(115)24-15-14-18-31-92-67(117)41-138-62-23-19-21-50-69(62)88(135)109(87(50)134)61-26-28-66(116)106-83(61)130/h16-17,19-23,38,42-47,52-61,70-72,93,110-112H,12-15,18,24-37,39-41H2,1-11H3,(H2,90,113)(H2,91,114)(H,92,117)(H,94,125)(H,95,126)(H,96,120)(H,97,124)(H,98,123)(H,99,128)(H,100,127)(H,101,131)(H,102,122)(H,103,121)(H,104,133)(H,105,115)(H,107,129)(H,108,132)(H,118,119)(H,136,137)(H,106,116,130)/t43-,44-,45-,46-,47+,52-,53-,54-,55-,56-,57-,58-,59-,60-,61?,70-,71-,72-/m0/s1. The number of hydrogen-bond acceptors (Lipinski definition) is 29. The van der Waals surface area contributed by atoms with E-state index in [9.17, 15) is 136 Å². The molecule has 1 unspecified atom stereocenters. The van der Waals surface area contributed by atoms with Gasteiger partial charge in [-0.1, -0.05) is 85.1 Å². The zero-order chi connectivity index (χ0) is 105. The molecule has 5 rings (SSSR count). The topological polar surface area (TPSA) is 767 Å². The van der Waals surface area contributed by atoms with E-state index in [0.29, 0.717) is 29.3 Å². The van der Waals surface area contributed by atoms with Crippen molar-refractivity contribution in [2.75, 3.05) is 50.4 Å². The van der Waals surface area contributed by atoms with Crippen LogP contribution in [0.1, 0.15) is 185 Å². The van der Waals surface area contributed by atoms with Gasteiger partial charge in [-0.3, -0.25) is 116 Å². The maximum Gasteiger partial charge on any atom is 0.326 e. The zero-order valence-corrected chi connectivity index (χ0v) is 81.2. The Morgan fingerprint density at radius 1 is 0.493 bits per heavy atom. The van der Waals surface area contributed by atoms with Gasteiger partial charge in [0, 0.05) is 49.3 Å². The van der Waals surface area contributed by atoms with Gasteiger partial charge in [0.1, 0.15) is 96.4 Å². The van der Waals surface area contributed by atoms with Crippen LogP contribution in [-0.4, -0.2) is 319 Å². The number of para-hydroxylation sites is 1. The van der Waals surface area contributed by atoms with Gasteiger partial charge in [-0.15, -0.1) is 0 Å². The first kappa shape index (κ1) is 117. The van der Waals surface area contributed by atoms with E-state index in [0.717, 1.165) is 18.7 Å². The average Bonchev–Trinajstić information content (AvgIpc) is 1.60. The van der Waals surface area contributed by atoms with Crippen LogP contribution in [0.5, 0.6) is 5.75 Å². The Bertz CT molecular complexity index is 4980. The maximum atomic E-state index is 14.9. The van der Waals surface area contributed by atoms with Gasteiger partial charge in [-0.25, -0.2) is 4.79 Å². The molecule has 772 valence electrons. The molecule has 1 saturated heterocycles. The van der Waals surface area contributed by atoms with Crippen molar-refractivity contribution in [2.45, 2.75) is 262 Å². The fourth-order valence-electron chi connectivity index (χ4n) is 14.6. The third-order valence-corrected chi connectivity index (χ3v) is 24.2. The van der Waals surface area contributed by atoms with Crippen LogP contribution in [0.3, 0.4) is 0 Å². The number of aliphatic carboxylic acids is 2. The Hall–Kier alpha value is -13.4. The van der Waals surface area contributed by atoms with Crippen molar-refractivity contribution >= 4 is 170 Å². The first-order chi connectivity index (χ1) is 66.1. The van der Waals surface area contributed by atoms with Crippen LogP contribution in [0.4, 0.5) is 0 Å². The number of rotatable bonds is 62. The molecule has 1 fully saturated rings. The van der Waals surface area contributed by atoms with E-state index in [1.807, 2.05) is 0 Å². The number of carboxylic acid groups (broad SMARTS) is 2. The molecule has 1 aromatic heterocycles. The molecule has 0 bridgehead atoms. The largest absolute Gasteiger partial charge is 0.483 e. The van der Waals surface area contributed by atoms with Gasteiger partial charge in [0.2, 0.25) is 106 Å². The first-order valence-electron chi connectivity index (χ1n) is 45.6. The minimum Gasteiger partial charge on any atom is -0.483 e. The SMILES string of the molecule is CC[C@H](C)[C@H](NC(=O)[C@H](CO)NC(=O)[C@H](C)NC(=O)[C@H](CC(=O)O)NC(=O)[C@H](CC(C)C)NC(=O)[C@H](CO)NC(=O)[C@@H](NC(=O)CCCCCNC(=O)COc1cccc2c1C(=O)N(C1CCC(=O)NC1=O)C2=O)[C@@H](C)O)C(=O)N[C@H](C(=O)N[C@@H](Cc1c[nH]c2ccccc12)C(=O)N[C@@H](C)C(=O)N[C@@H](CCSC)C(=O)N[C@@H](CCSC)C(=O)N[C@@H](CCC(N)=O)C(=O)N[C@@H](CC(N)=O)C(=O)O)[C@@H](C)CC. The highest BCUT2D eigenvalue weighted by atomic mass is 32.2. The van der Waals surface area contributed by atoms with Crippen molar-refractivity contribution in [2.24, 2.45) is 29.2 Å². The Kier molecular flexibility index (Phi) is 48.4. The van der Waals surface area contributed by atoms with Crippen molar-refractivity contribution in [3.63, 3.8) is 0 Å². The summed E-state index contributed by atoms with van der Waals surface area (Å²) in [6.07, 6.45) is 0.882. The van der Waals surface area contributed by atoms with Gasteiger partial charge in [-0.2, -0.15) is 23.5 Å². The monoisotopic (exact) mass is 2010 g/mol. The molecule has 51 heteroatoms. The number of hydrogen-bond donors (Lipinski definition) is 24. The van der Waals surface area contributed by atoms with Gasteiger partial charge in [0.25, 0.3) is 17.7 Å². The predicted molar refractivity (Wildman–Crippen MR) is 503 cm³/mol. The predicted octanol–water partition coefficient (Wildman–Crippen LogP) is -5.60. The number of aliphatic hydroxyl groups excluding tert-OH is 3. The molecule has 49 nitrogen and oxygen atoms in total. The lowest BCUT2D eigenvalue weighted by Gasteiger charge is -2.31. The van der Waals surface area contributed by atoms with Crippen LogP contribution in [0.2, 0.25) is 0 Å². The number of nitrogens with two attached hydrogens (primary N) is 2. The van der Waals surface area contributed by atoms with Crippen molar-refractivity contribution < 1.29 is 141 Å². The van der Waals surface area contributed by atoms with E-state index in [-0.39, 0.29) is 99.1 Å². The van der Waals surface area contributed by atoms with Crippen molar-refractivity contribution in [1.82, 2.24) is 95.0 Å². The van der Waals surface area contributed by atoms with Gasteiger partial charge in [0.15, 0.2) is 6.61 Å². The molecular formula is C89H130N20O29S2. The second-order valence-electron chi connectivity index (χ2n) is 34.3. The molecule has 3 heterocycles. The molecule has 2 aliphatic rings. The minimum absolute atomic E-state index is 0.0438. The summed E-state index contributed by atoms with van der Waals surface area (Å²) >= 11 is 2.57. The number of aliphatic hydroxyl groups is 3. The molecule has 18 atom stereocenters. The summed E-state index contributed by atoms with van der Waals surface area (Å²) in [6.45, 7) is 10.5. The lowest BCUT2D eigenvalue weighted by Crippen LogP contribution is -2.62. The van der Waals surface area contributed by atoms with Crippen LogP contribution in [0.25, 0.3) is 10.9 Å². The average molecular weight is 2010 g/mol. The molecule has 0 aliphatic carbocycles. The number of carbonyl (C=O) groups excluding carboxylic acids is 21. The van der Waals surface area contributed by atoms with Crippen LogP contribution in [0, 0.1) is 17.8 Å². The van der Waals surface area contributed by atoms with Crippen LogP contribution < -0.4 is 101 Å². The van der Waals surface area contributed by atoms with E-state index >= 15 is 0 Å². The summed E-state index contributed by atoms with van der Waals surface area (Å²) in [4.78, 5) is 312. The molecule has 2 aromatic carbocycles. The third-order valence-electron chi connectivity index (χ3n) is 22.9. The normalized spacial score (nSPS) is 16.5. The summed E-state index contributed by atoms with van der Waals surface area (Å²) in [5.41, 5.74) is 11.5. The molecular weight excluding hydrogens is 1880 g/mol. The van der Waals surface area contributed by atoms with E-state index in [2.05, 4.69) is 90.1 Å². The number of benzene rings is 2. The second kappa shape index (κ2) is 57.8. The van der Waals surface area contributed by atoms with Crippen molar-refractivity contribution in [1.29, 1.82) is 0 Å². The number of thioether (sulfide) groups is 2. The van der Waals surface area contributed by atoms with Crippen LogP contribution in [0.15, 0.2) is 48.7 Å². The minimum atomic E-state index is -2.01. The van der Waals surface area contributed by atoms with Gasteiger partial charge in [0.05, 0.1) is 43.3 Å². The number of carbonyl (C=O) groups is 23. The summed E-state index contributed by atoms with van der Waals surface area (Å²) in [6, 6.07) is -13.2. The highest BCUT2D eigenvalue weighted by Gasteiger charge is 2.47. The second-order valence-corrected chi connectivity index (χ2v) is 36.3. The fraction of sp³-hybridized carbons (Fsp3) is 0.584. The number of fused-ring (bicyclic) bond motifs is 2. The van der Waals surface area contributed by atoms with Gasteiger partial charge in [-0.05, 0) is 131 Å². The number of carboxylic acids is 2. The Morgan fingerprint density at radius 2 is 0.971 bits per heavy atom. The van der Waals surface area contributed by atoms with E-state index < -0.39 is 296 Å². The third kappa shape index (κ3) is 36.4. The molecule has 21 amide bonds. The number of ether oxygens (including phenoxy) is 1. The smallest absolute Gasteiger partial charge is 0.326 e. The molecule has 0 radical (unpaired) electrons. The summed E-state index contributed by atoms with van der Waals surface area (Å²) in [5.74, 6) is -25.0. The Labute approximate surface area is 814 Å². The van der Waals surface area contributed by atoms with Gasteiger partial charge < -0.3 is 126 Å². The number of imide groups is 2. The molecule has 140 heavy (non-hydrogen) atoms. The Morgan fingerprint density at radius 3 is 1.50 bits per heavy atom.